The number of fused-ring (bicyclic) bond motifs is 1. The molecule has 0 aliphatic heterocycles. The number of para-hydroxylation sites is 1. The third-order valence-corrected chi connectivity index (χ3v) is 4.00. The van der Waals surface area contributed by atoms with Gasteiger partial charge in [-0.1, -0.05) is 30.3 Å². The molecule has 0 bridgehead atoms. The van der Waals surface area contributed by atoms with Gasteiger partial charge in [-0.25, -0.2) is 10.5 Å². The minimum absolute atomic E-state index is 0.138. The smallest absolute Gasteiger partial charge is 0.270 e. The highest BCUT2D eigenvalue weighted by molar-refractivity contribution is 5.97. The number of carbonyl (C=O) groups excluding carboxylic acids is 2. The number of nitrogens with one attached hydrogen (secondary N) is 2. The van der Waals surface area contributed by atoms with Crippen LogP contribution in [-0.2, 0) is 11.4 Å². The van der Waals surface area contributed by atoms with Crippen molar-refractivity contribution >= 4 is 22.7 Å². The Morgan fingerprint density at radius 3 is 2.57 bits per heavy atom. The molecule has 0 saturated carbocycles. The van der Waals surface area contributed by atoms with Gasteiger partial charge in [0.15, 0.2) is 0 Å². The van der Waals surface area contributed by atoms with Crippen molar-refractivity contribution in [2.24, 2.45) is 0 Å². The Morgan fingerprint density at radius 2 is 1.86 bits per heavy atom. The molecule has 28 heavy (non-hydrogen) atoms. The second-order valence-electron chi connectivity index (χ2n) is 5.88. The Bertz CT molecular complexity index is 989. The number of amides is 2. The van der Waals surface area contributed by atoms with Crippen molar-refractivity contribution in [3.05, 3.63) is 65.9 Å². The number of carbonyl (C=O) groups is 2. The SMILES string of the molecule is COc1ccc(COc2cccc3ccc(C(=O)NCC(=O)NO)nc23)cc1. The number of hydrogen-bond donors (Lipinski definition) is 3. The van der Waals surface area contributed by atoms with Crippen LogP contribution < -0.4 is 20.3 Å². The molecule has 2 amide bonds. The zero-order valence-corrected chi connectivity index (χ0v) is 15.1. The van der Waals surface area contributed by atoms with Crippen molar-refractivity contribution in [1.29, 1.82) is 0 Å². The molecule has 0 unspecified atom stereocenters. The summed E-state index contributed by atoms with van der Waals surface area (Å²) in [6, 6.07) is 16.3. The van der Waals surface area contributed by atoms with E-state index < -0.39 is 11.8 Å². The predicted molar refractivity (Wildman–Crippen MR) is 101 cm³/mol. The molecule has 1 heterocycles. The van der Waals surface area contributed by atoms with Gasteiger partial charge < -0.3 is 14.8 Å². The lowest BCUT2D eigenvalue weighted by molar-refractivity contribution is -0.128. The third-order valence-electron chi connectivity index (χ3n) is 4.00. The predicted octanol–water partition coefficient (Wildman–Crippen LogP) is 2.06. The molecule has 8 heteroatoms. The van der Waals surface area contributed by atoms with E-state index in [9.17, 15) is 9.59 Å². The lowest BCUT2D eigenvalue weighted by atomic mass is 10.2. The third kappa shape index (κ3) is 4.54. The number of hydroxylamine groups is 1. The number of hydrogen-bond acceptors (Lipinski definition) is 6. The summed E-state index contributed by atoms with van der Waals surface area (Å²) in [5, 5.41) is 11.7. The molecule has 3 aromatic rings. The monoisotopic (exact) mass is 381 g/mol. The Morgan fingerprint density at radius 1 is 1.07 bits per heavy atom. The van der Waals surface area contributed by atoms with E-state index >= 15 is 0 Å². The maximum absolute atomic E-state index is 12.2. The van der Waals surface area contributed by atoms with E-state index in [-0.39, 0.29) is 12.2 Å². The Balaban J connectivity index is 1.78. The van der Waals surface area contributed by atoms with Crippen molar-refractivity contribution in [1.82, 2.24) is 15.8 Å². The van der Waals surface area contributed by atoms with Crippen LogP contribution >= 0.6 is 0 Å². The first-order valence-electron chi connectivity index (χ1n) is 8.47. The summed E-state index contributed by atoms with van der Waals surface area (Å²) in [5.41, 5.74) is 3.08. The van der Waals surface area contributed by atoms with Crippen molar-refractivity contribution in [2.45, 2.75) is 6.61 Å². The number of aromatic nitrogens is 1. The molecule has 1 aromatic heterocycles. The Hall–Kier alpha value is -3.65. The average Bonchev–Trinajstić information content (AvgIpc) is 2.75. The number of nitrogens with zero attached hydrogens (tertiary/aromatic N) is 1. The van der Waals surface area contributed by atoms with E-state index in [4.69, 9.17) is 14.7 Å². The van der Waals surface area contributed by atoms with Crippen LogP contribution in [0.5, 0.6) is 11.5 Å². The van der Waals surface area contributed by atoms with Crippen LogP contribution in [0.3, 0.4) is 0 Å². The lowest BCUT2D eigenvalue weighted by Crippen LogP contribution is -2.35. The standard InChI is InChI=1S/C20H19N3O5/c1-27-15-8-5-13(6-9-15)12-28-17-4-2-3-14-7-10-16(22-19(14)17)20(25)21-11-18(24)23-26/h2-10,26H,11-12H2,1H3,(H,21,25)(H,23,24). The van der Waals surface area contributed by atoms with E-state index in [2.05, 4.69) is 10.3 Å². The van der Waals surface area contributed by atoms with Crippen LogP contribution in [0.1, 0.15) is 16.1 Å². The molecule has 8 nitrogen and oxygen atoms in total. The summed E-state index contributed by atoms with van der Waals surface area (Å²) in [4.78, 5) is 27.6. The van der Waals surface area contributed by atoms with Gasteiger partial charge in [0.2, 0.25) is 0 Å². The highest BCUT2D eigenvalue weighted by Gasteiger charge is 2.12. The topological polar surface area (TPSA) is 110 Å². The molecule has 3 N–H and O–H groups in total. The fourth-order valence-corrected chi connectivity index (χ4v) is 2.54. The summed E-state index contributed by atoms with van der Waals surface area (Å²) in [5.74, 6) is 0.0466. The van der Waals surface area contributed by atoms with Crippen molar-refractivity contribution in [2.75, 3.05) is 13.7 Å². The minimum Gasteiger partial charge on any atom is -0.497 e. The highest BCUT2D eigenvalue weighted by Crippen LogP contribution is 2.25. The highest BCUT2D eigenvalue weighted by atomic mass is 16.5. The summed E-state index contributed by atoms with van der Waals surface area (Å²) in [7, 11) is 1.61. The van der Waals surface area contributed by atoms with E-state index in [1.54, 1.807) is 25.3 Å². The van der Waals surface area contributed by atoms with E-state index in [1.165, 1.54) is 5.48 Å². The van der Waals surface area contributed by atoms with Gasteiger partial charge in [-0.3, -0.25) is 14.8 Å². The number of methoxy groups -OCH3 is 1. The Labute approximate surface area is 161 Å². The van der Waals surface area contributed by atoms with Crippen LogP contribution in [-0.4, -0.2) is 35.7 Å². The minimum atomic E-state index is -0.724. The number of pyridine rings is 1. The molecule has 3 rings (SSSR count). The van der Waals surface area contributed by atoms with Crippen LogP contribution in [0.25, 0.3) is 10.9 Å². The first-order chi connectivity index (χ1) is 13.6. The largest absolute Gasteiger partial charge is 0.497 e. The summed E-state index contributed by atoms with van der Waals surface area (Å²) in [6.45, 7) is -0.0252. The molecule has 0 fully saturated rings. The van der Waals surface area contributed by atoms with E-state index in [1.807, 2.05) is 36.4 Å². The van der Waals surface area contributed by atoms with Gasteiger partial charge in [0.25, 0.3) is 11.8 Å². The van der Waals surface area contributed by atoms with Gasteiger partial charge in [-0.05, 0) is 29.8 Å². The molecule has 0 aliphatic rings. The first-order valence-corrected chi connectivity index (χ1v) is 8.47. The quantitative estimate of drug-likeness (QED) is 0.427. The molecule has 0 spiro atoms. The maximum Gasteiger partial charge on any atom is 0.270 e. The van der Waals surface area contributed by atoms with Gasteiger partial charge in [-0.15, -0.1) is 0 Å². The number of benzene rings is 2. The number of ether oxygens (including phenoxy) is 2. The molecule has 0 aliphatic carbocycles. The molecule has 2 aromatic carbocycles. The van der Waals surface area contributed by atoms with Crippen LogP contribution in [0.4, 0.5) is 0 Å². The first kappa shape index (κ1) is 19.1. The van der Waals surface area contributed by atoms with Gasteiger partial charge in [0, 0.05) is 5.39 Å². The van der Waals surface area contributed by atoms with E-state index in [0.717, 1.165) is 16.7 Å². The zero-order chi connectivity index (χ0) is 19.9. The molecule has 0 saturated heterocycles. The lowest BCUT2D eigenvalue weighted by Gasteiger charge is -2.10. The van der Waals surface area contributed by atoms with Gasteiger partial charge in [-0.2, -0.15) is 0 Å². The zero-order valence-electron chi connectivity index (χ0n) is 15.1. The molecular formula is C20H19N3O5. The van der Waals surface area contributed by atoms with E-state index in [0.29, 0.717) is 17.9 Å². The van der Waals surface area contributed by atoms with Crippen LogP contribution in [0.15, 0.2) is 54.6 Å². The molecule has 0 radical (unpaired) electrons. The summed E-state index contributed by atoms with van der Waals surface area (Å²) in [6.07, 6.45) is 0. The Kier molecular flexibility index (Phi) is 6.03. The molecule has 0 atom stereocenters. The van der Waals surface area contributed by atoms with Crippen molar-refractivity contribution in [3.63, 3.8) is 0 Å². The fraction of sp³-hybridized carbons (Fsp3) is 0.150. The summed E-state index contributed by atoms with van der Waals surface area (Å²) < 4.78 is 11.0. The van der Waals surface area contributed by atoms with Gasteiger partial charge in [0.1, 0.15) is 29.3 Å². The fourth-order valence-electron chi connectivity index (χ4n) is 2.54. The normalized spacial score (nSPS) is 10.4. The van der Waals surface area contributed by atoms with Crippen LogP contribution in [0, 0.1) is 0 Å². The average molecular weight is 381 g/mol. The van der Waals surface area contributed by atoms with Crippen molar-refractivity contribution in [3.8, 4) is 11.5 Å². The van der Waals surface area contributed by atoms with Crippen molar-refractivity contribution < 1.29 is 24.3 Å². The van der Waals surface area contributed by atoms with Gasteiger partial charge in [0.05, 0.1) is 13.7 Å². The van der Waals surface area contributed by atoms with Crippen LogP contribution in [0.2, 0.25) is 0 Å². The molecular weight excluding hydrogens is 362 g/mol. The van der Waals surface area contributed by atoms with Gasteiger partial charge >= 0.3 is 0 Å². The second kappa shape index (κ2) is 8.83. The summed E-state index contributed by atoms with van der Waals surface area (Å²) >= 11 is 0. The maximum atomic E-state index is 12.2. The number of rotatable bonds is 7. The second-order valence-corrected chi connectivity index (χ2v) is 5.88. The molecule has 144 valence electrons.